The van der Waals surface area contributed by atoms with E-state index in [0.717, 1.165) is 13.0 Å². The molecule has 0 unspecified atom stereocenters. The number of piperidine rings is 1. The Bertz CT molecular complexity index is 282. The summed E-state index contributed by atoms with van der Waals surface area (Å²) in [4.78, 5) is 12.0. The number of hydrogen-bond acceptors (Lipinski definition) is 3. The minimum atomic E-state index is -0.361. The minimum Gasteiger partial charge on any atom is -0.460 e. The van der Waals surface area contributed by atoms with Crippen molar-refractivity contribution in [1.29, 1.82) is 0 Å². The van der Waals surface area contributed by atoms with Gasteiger partial charge in [-0.15, -0.1) is 0 Å². The van der Waals surface area contributed by atoms with Gasteiger partial charge in [0.15, 0.2) is 0 Å². The maximum Gasteiger partial charge on any atom is 0.310 e. The fourth-order valence-electron chi connectivity index (χ4n) is 3.07. The summed E-state index contributed by atoms with van der Waals surface area (Å²) >= 11 is 0. The summed E-state index contributed by atoms with van der Waals surface area (Å²) in [6, 6.07) is 0.655. The van der Waals surface area contributed by atoms with Crippen LogP contribution in [0.25, 0.3) is 0 Å². The quantitative estimate of drug-likeness (QED) is 0.714. The van der Waals surface area contributed by atoms with Gasteiger partial charge in [-0.05, 0) is 46.0 Å². The first-order valence-corrected chi connectivity index (χ1v) is 6.92. The van der Waals surface area contributed by atoms with E-state index in [-0.39, 0.29) is 17.5 Å². The first-order chi connectivity index (χ1) is 7.96. The van der Waals surface area contributed by atoms with E-state index in [1.54, 1.807) is 0 Å². The molecule has 1 saturated carbocycles. The molecule has 1 N–H and O–H groups in total. The van der Waals surface area contributed by atoms with Crippen LogP contribution in [0.4, 0.5) is 0 Å². The lowest BCUT2D eigenvalue weighted by atomic mass is 9.76. The van der Waals surface area contributed by atoms with E-state index >= 15 is 0 Å². The Kier molecular flexibility index (Phi) is 3.76. The fraction of sp³-hybridized carbons (Fsp3) is 0.929. The first-order valence-electron chi connectivity index (χ1n) is 6.92. The van der Waals surface area contributed by atoms with Crippen LogP contribution in [-0.4, -0.2) is 24.2 Å². The van der Waals surface area contributed by atoms with Crippen molar-refractivity contribution < 1.29 is 9.53 Å². The fourth-order valence-corrected chi connectivity index (χ4v) is 3.07. The molecule has 0 spiro atoms. The molecule has 3 nitrogen and oxygen atoms in total. The van der Waals surface area contributed by atoms with Crippen LogP contribution >= 0.6 is 0 Å². The summed E-state index contributed by atoms with van der Waals surface area (Å²) in [7, 11) is 0. The van der Waals surface area contributed by atoms with E-state index in [4.69, 9.17) is 4.74 Å². The van der Waals surface area contributed by atoms with Crippen molar-refractivity contribution in [3.8, 4) is 0 Å². The van der Waals surface area contributed by atoms with Gasteiger partial charge in [-0.2, -0.15) is 0 Å². The molecule has 1 aliphatic heterocycles. The lowest BCUT2D eigenvalue weighted by Gasteiger charge is -2.39. The third kappa shape index (κ3) is 3.44. The second kappa shape index (κ2) is 4.97. The molecule has 2 rings (SSSR count). The van der Waals surface area contributed by atoms with E-state index in [9.17, 15) is 4.79 Å². The summed E-state index contributed by atoms with van der Waals surface area (Å²) in [5.74, 6) is 0.734. The van der Waals surface area contributed by atoms with Crippen molar-refractivity contribution in [2.75, 3.05) is 6.54 Å². The molecule has 2 fully saturated rings. The van der Waals surface area contributed by atoms with Crippen LogP contribution < -0.4 is 5.32 Å². The molecule has 1 heterocycles. The molecular formula is C14H25NO2. The zero-order valence-corrected chi connectivity index (χ0v) is 11.3. The standard InChI is InChI=1S/C14H25NO2/c1-14(2,3)17-13(16)11-8-10-6-4-5-7-12(10)15-9-11/h10-12,15H,4-9H2,1-3H3/t10-,11+,12+/m1/s1. The zero-order valence-electron chi connectivity index (χ0n) is 11.3. The van der Waals surface area contributed by atoms with Gasteiger partial charge < -0.3 is 10.1 Å². The second-order valence-electron chi connectivity index (χ2n) is 6.53. The third-order valence-corrected chi connectivity index (χ3v) is 3.86. The molecule has 98 valence electrons. The van der Waals surface area contributed by atoms with Gasteiger partial charge >= 0.3 is 5.97 Å². The summed E-state index contributed by atoms with van der Waals surface area (Å²) in [5.41, 5.74) is -0.361. The number of nitrogens with one attached hydrogen (secondary N) is 1. The van der Waals surface area contributed by atoms with Crippen LogP contribution in [0.2, 0.25) is 0 Å². The first kappa shape index (κ1) is 12.9. The molecule has 0 radical (unpaired) electrons. The van der Waals surface area contributed by atoms with Gasteiger partial charge in [-0.1, -0.05) is 12.8 Å². The number of rotatable bonds is 1. The Morgan fingerprint density at radius 1 is 1.24 bits per heavy atom. The normalized spacial score (nSPS) is 33.9. The maximum absolute atomic E-state index is 12.0. The van der Waals surface area contributed by atoms with Crippen LogP contribution in [0.3, 0.4) is 0 Å². The van der Waals surface area contributed by atoms with Crippen molar-refractivity contribution in [2.24, 2.45) is 11.8 Å². The number of esters is 1. The Morgan fingerprint density at radius 3 is 2.65 bits per heavy atom. The van der Waals surface area contributed by atoms with Crippen molar-refractivity contribution in [1.82, 2.24) is 5.32 Å². The molecule has 0 amide bonds. The molecule has 17 heavy (non-hydrogen) atoms. The van der Waals surface area contributed by atoms with Crippen LogP contribution in [0.1, 0.15) is 52.9 Å². The topological polar surface area (TPSA) is 38.3 Å². The molecule has 3 atom stereocenters. The smallest absolute Gasteiger partial charge is 0.310 e. The summed E-state index contributed by atoms with van der Waals surface area (Å²) in [5, 5.41) is 3.54. The largest absolute Gasteiger partial charge is 0.460 e. The van der Waals surface area contributed by atoms with Gasteiger partial charge in [0.25, 0.3) is 0 Å². The predicted octanol–water partition coefficient (Wildman–Crippen LogP) is 2.50. The van der Waals surface area contributed by atoms with Crippen LogP contribution in [-0.2, 0) is 9.53 Å². The van der Waals surface area contributed by atoms with Gasteiger partial charge in [0.2, 0.25) is 0 Å². The van der Waals surface area contributed by atoms with Crippen molar-refractivity contribution in [3.63, 3.8) is 0 Å². The average Bonchev–Trinajstić information content (AvgIpc) is 2.26. The van der Waals surface area contributed by atoms with Crippen molar-refractivity contribution in [2.45, 2.75) is 64.5 Å². The SMILES string of the molecule is CC(C)(C)OC(=O)[C@@H]1CN[C@H]2CCCC[C@@H]2C1. The Balaban J connectivity index is 1.89. The van der Waals surface area contributed by atoms with E-state index in [1.165, 1.54) is 25.7 Å². The zero-order chi connectivity index (χ0) is 12.5. The van der Waals surface area contributed by atoms with E-state index in [1.807, 2.05) is 20.8 Å². The molecule has 0 bridgehead atoms. The summed E-state index contributed by atoms with van der Waals surface area (Å²) in [6.45, 7) is 6.61. The van der Waals surface area contributed by atoms with Crippen molar-refractivity contribution >= 4 is 5.97 Å². The van der Waals surface area contributed by atoms with Gasteiger partial charge in [0.05, 0.1) is 5.92 Å². The molecule has 0 aromatic rings. The van der Waals surface area contributed by atoms with Gasteiger partial charge in [0, 0.05) is 12.6 Å². The van der Waals surface area contributed by atoms with Gasteiger partial charge in [-0.3, -0.25) is 4.79 Å². The molecule has 2 aliphatic rings. The highest BCUT2D eigenvalue weighted by Gasteiger charge is 2.36. The third-order valence-electron chi connectivity index (χ3n) is 3.86. The highest BCUT2D eigenvalue weighted by molar-refractivity contribution is 5.73. The molecule has 3 heteroatoms. The number of fused-ring (bicyclic) bond motifs is 1. The van der Waals surface area contributed by atoms with E-state index < -0.39 is 0 Å². The number of carbonyl (C=O) groups is 1. The highest BCUT2D eigenvalue weighted by atomic mass is 16.6. The predicted molar refractivity (Wildman–Crippen MR) is 67.7 cm³/mol. The van der Waals surface area contributed by atoms with E-state index in [2.05, 4.69) is 5.32 Å². The van der Waals surface area contributed by atoms with E-state index in [0.29, 0.717) is 12.0 Å². The minimum absolute atomic E-state index is 0.0194. The number of ether oxygens (including phenoxy) is 1. The number of hydrogen-bond donors (Lipinski definition) is 1. The van der Waals surface area contributed by atoms with Crippen LogP contribution in [0.5, 0.6) is 0 Å². The molecular weight excluding hydrogens is 214 g/mol. The Morgan fingerprint density at radius 2 is 1.94 bits per heavy atom. The highest BCUT2D eigenvalue weighted by Crippen LogP contribution is 2.33. The summed E-state index contributed by atoms with van der Waals surface area (Å²) in [6.07, 6.45) is 6.24. The molecule has 1 aliphatic carbocycles. The Hall–Kier alpha value is -0.570. The van der Waals surface area contributed by atoms with Gasteiger partial charge in [-0.25, -0.2) is 0 Å². The average molecular weight is 239 g/mol. The number of carbonyl (C=O) groups excluding carboxylic acids is 1. The maximum atomic E-state index is 12.0. The second-order valence-corrected chi connectivity index (χ2v) is 6.53. The van der Waals surface area contributed by atoms with Crippen molar-refractivity contribution in [3.05, 3.63) is 0 Å². The van der Waals surface area contributed by atoms with Gasteiger partial charge in [0.1, 0.15) is 5.60 Å². The monoisotopic (exact) mass is 239 g/mol. The lowest BCUT2D eigenvalue weighted by molar-refractivity contribution is -0.161. The lowest BCUT2D eigenvalue weighted by Crippen LogP contribution is -2.49. The Labute approximate surface area is 104 Å². The van der Waals surface area contributed by atoms with Crippen LogP contribution in [0, 0.1) is 11.8 Å². The molecule has 1 saturated heterocycles. The molecule has 0 aromatic carbocycles. The van der Waals surface area contributed by atoms with Crippen LogP contribution in [0.15, 0.2) is 0 Å². The molecule has 0 aromatic heterocycles. The summed E-state index contributed by atoms with van der Waals surface area (Å²) < 4.78 is 5.48.